The van der Waals surface area contributed by atoms with Crippen molar-refractivity contribution in [3.05, 3.63) is 33.8 Å². The maximum atomic E-state index is 4.09. The van der Waals surface area contributed by atoms with Crippen molar-refractivity contribution in [2.75, 3.05) is 5.75 Å². The smallest absolute Gasteiger partial charge is 0.0248 e. The molecule has 0 radical (unpaired) electrons. The van der Waals surface area contributed by atoms with Crippen molar-refractivity contribution in [2.45, 2.75) is 13.3 Å². The van der Waals surface area contributed by atoms with Crippen molar-refractivity contribution in [3.8, 4) is 11.8 Å². The molecule has 0 amide bonds. The molecule has 0 fully saturated rings. The van der Waals surface area contributed by atoms with Gasteiger partial charge in [-0.15, -0.1) is 0 Å². The Morgan fingerprint density at radius 1 is 1.46 bits per heavy atom. The molecule has 0 atom stereocenters. The zero-order valence-electron chi connectivity index (χ0n) is 7.47. The van der Waals surface area contributed by atoms with Crippen LogP contribution in [0.15, 0.2) is 22.7 Å². The fourth-order valence-corrected chi connectivity index (χ4v) is 1.30. The summed E-state index contributed by atoms with van der Waals surface area (Å²) in [6, 6.07) is 6.12. The highest BCUT2D eigenvalue weighted by Crippen LogP contribution is 2.16. The molecule has 13 heavy (non-hydrogen) atoms. The molecule has 1 aromatic carbocycles. The molecule has 68 valence electrons. The van der Waals surface area contributed by atoms with Crippen LogP contribution in [0.4, 0.5) is 0 Å². The molecule has 0 aliphatic rings. The first kappa shape index (κ1) is 10.7. The number of halogens is 1. The highest BCUT2D eigenvalue weighted by atomic mass is 79.9. The average molecular weight is 255 g/mol. The van der Waals surface area contributed by atoms with Gasteiger partial charge in [0.2, 0.25) is 0 Å². The largest absolute Gasteiger partial charge is 0.178 e. The Kier molecular flexibility index (Phi) is 4.41. The topological polar surface area (TPSA) is 0 Å². The van der Waals surface area contributed by atoms with Gasteiger partial charge in [-0.2, -0.15) is 12.6 Å². The average Bonchev–Trinajstić information content (AvgIpc) is 2.12. The molecule has 0 N–H and O–H groups in total. The monoisotopic (exact) mass is 254 g/mol. The van der Waals surface area contributed by atoms with Crippen molar-refractivity contribution in [3.63, 3.8) is 0 Å². The van der Waals surface area contributed by atoms with Gasteiger partial charge in [-0.25, -0.2) is 0 Å². The summed E-state index contributed by atoms with van der Waals surface area (Å²) < 4.78 is 1.13. The summed E-state index contributed by atoms with van der Waals surface area (Å²) in [6.07, 6.45) is 0.845. The third kappa shape index (κ3) is 3.46. The summed E-state index contributed by atoms with van der Waals surface area (Å²) in [5.41, 5.74) is 2.29. The molecule has 0 aliphatic heterocycles. The summed E-state index contributed by atoms with van der Waals surface area (Å²) in [4.78, 5) is 0. The van der Waals surface area contributed by atoms with Crippen LogP contribution in [0.1, 0.15) is 17.5 Å². The first-order valence-electron chi connectivity index (χ1n) is 4.10. The first-order chi connectivity index (χ1) is 6.24. The predicted molar refractivity (Wildman–Crippen MR) is 64.2 cm³/mol. The molecular formula is C11H11BrS. The molecule has 0 saturated carbocycles. The van der Waals surface area contributed by atoms with Crippen LogP contribution in [0.2, 0.25) is 0 Å². The fourth-order valence-electron chi connectivity index (χ4n) is 0.943. The number of rotatable bonds is 1. The van der Waals surface area contributed by atoms with Gasteiger partial charge in [0.25, 0.3) is 0 Å². The Morgan fingerprint density at radius 3 is 2.85 bits per heavy atom. The second kappa shape index (κ2) is 5.36. The van der Waals surface area contributed by atoms with Crippen LogP contribution in [-0.2, 0) is 0 Å². The third-order valence-electron chi connectivity index (χ3n) is 1.63. The zero-order valence-corrected chi connectivity index (χ0v) is 9.95. The summed E-state index contributed by atoms with van der Waals surface area (Å²) >= 11 is 7.54. The van der Waals surface area contributed by atoms with Crippen molar-refractivity contribution in [1.29, 1.82) is 0 Å². The first-order valence-corrected chi connectivity index (χ1v) is 5.52. The van der Waals surface area contributed by atoms with Gasteiger partial charge in [0, 0.05) is 22.2 Å². The van der Waals surface area contributed by atoms with Crippen molar-refractivity contribution < 1.29 is 0 Å². The molecule has 0 aromatic heterocycles. The molecule has 1 aromatic rings. The van der Waals surface area contributed by atoms with Crippen LogP contribution >= 0.6 is 28.6 Å². The lowest BCUT2D eigenvalue weighted by atomic mass is 10.1. The summed E-state index contributed by atoms with van der Waals surface area (Å²) in [5, 5.41) is 0. The minimum Gasteiger partial charge on any atom is -0.178 e. The Morgan fingerprint density at radius 2 is 2.23 bits per heavy atom. The van der Waals surface area contributed by atoms with Crippen molar-refractivity contribution >= 4 is 28.6 Å². The SMILES string of the molecule is Cc1cc(C#CCCS)ccc1Br. The maximum absolute atomic E-state index is 4.09. The van der Waals surface area contributed by atoms with Crippen LogP contribution in [-0.4, -0.2) is 5.75 Å². The van der Waals surface area contributed by atoms with Crippen LogP contribution in [0, 0.1) is 18.8 Å². The van der Waals surface area contributed by atoms with Crippen LogP contribution in [0.3, 0.4) is 0 Å². The van der Waals surface area contributed by atoms with Gasteiger partial charge in [0.1, 0.15) is 0 Å². The standard InChI is InChI=1S/C11H11BrS/c1-9-8-10(4-2-3-7-13)5-6-11(9)12/h5-6,8,13H,3,7H2,1H3. The van der Waals surface area contributed by atoms with E-state index in [-0.39, 0.29) is 0 Å². The number of aryl methyl sites for hydroxylation is 1. The molecule has 0 nitrogen and oxygen atoms in total. The van der Waals surface area contributed by atoms with E-state index in [4.69, 9.17) is 0 Å². The Labute approximate surface area is 93.3 Å². The van der Waals surface area contributed by atoms with Crippen LogP contribution < -0.4 is 0 Å². The van der Waals surface area contributed by atoms with Gasteiger partial charge >= 0.3 is 0 Å². The Hall–Kier alpha value is -0.390. The van der Waals surface area contributed by atoms with Crippen molar-refractivity contribution in [1.82, 2.24) is 0 Å². The second-order valence-electron chi connectivity index (χ2n) is 2.74. The van der Waals surface area contributed by atoms with E-state index >= 15 is 0 Å². The van der Waals surface area contributed by atoms with E-state index in [9.17, 15) is 0 Å². The highest BCUT2D eigenvalue weighted by molar-refractivity contribution is 9.10. The Balaban J connectivity index is 2.81. The van der Waals surface area contributed by atoms with Gasteiger partial charge in [0.15, 0.2) is 0 Å². The lowest BCUT2D eigenvalue weighted by molar-refractivity contribution is 1.31. The second-order valence-corrected chi connectivity index (χ2v) is 4.04. The molecule has 1 rings (SSSR count). The lowest BCUT2D eigenvalue weighted by Crippen LogP contribution is -1.79. The molecule has 2 heteroatoms. The van der Waals surface area contributed by atoms with Crippen LogP contribution in [0.25, 0.3) is 0 Å². The van der Waals surface area contributed by atoms with Gasteiger partial charge < -0.3 is 0 Å². The quantitative estimate of drug-likeness (QED) is 0.577. The number of benzene rings is 1. The minimum atomic E-state index is 0.822. The van der Waals surface area contributed by atoms with E-state index in [1.807, 2.05) is 12.1 Å². The van der Waals surface area contributed by atoms with E-state index in [1.54, 1.807) is 0 Å². The van der Waals surface area contributed by atoms with E-state index < -0.39 is 0 Å². The zero-order chi connectivity index (χ0) is 9.68. The fraction of sp³-hybridized carbons (Fsp3) is 0.273. The van der Waals surface area contributed by atoms with E-state index in [2.05, 4.69) is 53.4 Å². The number of hydrogen-bond acceptors (Lipinski definition) is 1. The molecular weight excluding hydrogens is 244 g/mol. The van der Waals surface area contributed by atoms with Gasteiger partial charge in [-0.1, -0.05) is 27.8 Å². The molecule has 0 heterocycles. The van der Waals surface area contributed by atoms with Gasteiger partial charge in [-0.3, -0.25) is 0 Å². The summed E-state index contributed by atoms with van der Waals surface area (Å²) in [7, 11) is 0. The highest BCUT2D eigenvalue weighted by Gasteiger charge is 1.93. The van der Waals surface area contributed by atoms with E-state index in [0.29, 0.717) is 0 Å². The Bertz CT molecular complexity index is 347. The summed E-state index contributed by atoms with van der Waals surface area (Å²) in [5.74, 6) is 6.97. The van der Waals surface area contributed by atoms with Gasteiger partial charge in [0.05, 0.1) is 0 Å². The van der Waals surface area contributed by atoms with E-state index in [0.717, 1.165) is 22.2 Å². The van der Waals surface area contributed by atoms with Crippen molar-refractivity contribution in [2.24, 2.45) is 0 Å². The molecule has 0 bridgehead atoms. The lowest BCUT2D eigenvalue weighted by Gasteiger charge is -1.96. The molecule has 0 spiro atoms. The van der Waals surface area contributed by atoms with Gasteiger partial charge in [-0.05, 0) is 30.7 Å². The molecule has 0 saturated heterocycles. The minimum absolute atomic E-state index is 0.822. The van der Waals surface area contributed by atoms with E-state index in [1.165, 1.54) is 5.56 Å². The molecule has 0 unspecified atom stereocenters. The number of hydrogen-bond donors (Lipinski definition) is 1. The maximum Gasteiger partial charge on any atom is 0.0248 e. The number of thiol groups is 1. The summed E-state index contributed by atoms with van der Waals surface area (Å²) in [6.45, 7) is 2.06. The predicted octanol–water partition coefficient (Wildman–Crippen LogP) is 3.43. The molecule has 0 aliphatic carbocycles. The third-order valence-corrected chi connectivity index (χ3v) is 2.74. The normalized spacial score (nSPS) is 9.15. The van der Waals surface area contributed by atoms with Crippen LogP contribution in [0.5, 0.6) is 0 Å².